The summed E-state index contributed by atoms with van der Waals surface area (Å²) in [5, 5.41) is 0. The summed E-state index contributed by atoms with van der Waals surface area (Å²) >= 11 is 0. The van der Waals surface area contributed by atoms with Gasteiger partial charge in [-0.2, -0.15) is 0 Å². The van der Waals surface area contributed by atoms with Gasteiger partial charge in [-0.1, -0.05) is 13.5 Å². The highest BCUT2D eigenvalue weighted by Crippen LogP contribution is 2.03. The number of nitrogens with zero attached hydrogens (tertiary/aromatic N) is 1. The summed E-state index contributed by atoms with van der Waals surface area (Å²) in [4.78, 5) is 2.36. The molecule has 1 heterocycles. The lowest BCUT2D eigenvalue weighted by molar-refractivity contribution is 0.0271. The predicted molar refractivity (Wildman–Crippen MR) is 57.3 cm³/mol. The Bertz CT molecular complexity index is 165. The summed E-state index contributed by atoms with van der Waals surface area (Å²) in [5.74, 6) is 0.917. The molecule has 1 aliphatic rings. The van der Waals surface area contributed by atoms with E-state index in [1.807, 2.05) is 0 Å². The van der Waals surface area contributed by atoms with E-state index in [1.165, 1.54) is 0 Å². The minimum absolute atomic E-state index is 0.763. The number of morpholine rings is 1. The molecule has 0 spiro atoms. The Labute approximate surface area is 86.7 Å². The monoisotopic (exact) mass is 199 g/mol. The SMILES string of the molecule is C=C(CCC)OCCN1CCOCC1. The van der Waals surface area contributed by atoms with Gasteiger partial charge in [0.25, 0.3) is 0 Å². The van der Waals surface area contributed by atoms with Crippen LogP contribution in [0.2, 0.25) is 0 Å². The van der Waals surface area contributed by atoms with Gasteiger partial charge in [0.1, 0.15) is 6.61 Å². The topological polar surface area (TPSA) is 21.7 Å². The fraction of sp³-hybridized carbons (Fsp3) is 0.818. The van der Waals surface area contributed by atoms with Gasteiger partial charge in [0, 0.05) is 26.1 Å². The van der Waals surface area contributed by atoms with Crippen LogP contribution in [0.5, 0.6) is 0 Å². The van der Waals surface area contributed by atoms with Gasteiger partial charge >= 0.3 is 0 Å². The van der Waals surface area contributed by atoms with Gasteiger partial charge in [0.05, 0.1) is 19.0 Å². The second-order valence-corrected chi connectivity index (χ2v) is 3.59. The Kier molecular flexibility index (Phi) is 5.64. The average molecular weight is 199 g/mol. The number of allylic oxidation sites excluding steroid dienone is 1. The molecule has 0 N–H and O–H groups in total. The first kappa shape index (κ1) is 11.5. The molecule has 1 fully saturated rings. The molecule has 0 unspecified atom stereocenters. The van der Waals surface area contributed by atoms with E-state index in [0.717, 1.165) is 58.1 Å². The van der Waals surface area contributed by atoms with Crippen LogP contribution in [0.15, 0.2) is 12.3 Å². The van der Waals surface area contributed by atoms with Crippen molar-refractivity contribution in [3.8, 4) is 0 Å². The van der Waals surface area contributed by atoms with Gasteiger partial charge in [-0.15, -0.1) is 0 Å². The third kappa shape index (κ3) is 4.63. The van der Waals surface area contributed by atoms with Crippen molar-refractivity contribution in [1.29, 1.82) is 0 Å². The Morgan fingerprint density at radius 1 is 1.43 bits per heavy atom. The van der Waals surface area contributed by atoms with Crippen LogP contribution in [0, 0.1) is 0 Å². The van der Waals surface area contributed by atoms with E-state index in [0.29, 0.717) is 0 Å². The molecular formula is C11H21NO2. The maximum Gasteiger partial charge on any atom is 0.100 e. The van der Waals surface area contributed by atoms with Gasteiger partial charge in [0.2, 0.25) is 0 Å². The molecule has 0 bridgehead atoms. The lowest BCUT2D eigenvalue weighted by atomic mass is 10.3. The summed E-state index contributed by atoms with van der Waals surface area (Å²) in [6.45, 7) is 11.5. The highest BCUT2D eigenvalue weighted by molar-refractivity contribution is 4.81. The van der Waals surface area contributed by atoms with Gasteiger partial charge in [-0.05, 0) is 6.42 Å². The van der Waals surface area contributed by atoms with Crippen LogP contribution in [0.4, 0.5) is 0 Å². The van der Waals surface area contributed by atoms with Crippen LogP contribution in [0.1, 0.15) is 19.8 Å². The zero-order valence-electron chi connectivity index (χ0n) is 9.13. The van der Waals surface area contributed by atoms with E-state index >= 15 is 0 Å². The normalized spacial score (nSPS) is 18.1. The number of hydrogen-bond donors (Lipinski definition) is 0. The molecular weight excluding hydrogens is 178 g/mol. The zero-order chi connectivity index (χ0) is 10.2. The Morgan fingerprint density at radius 2 is 2.14 bits per heavy atom. The second-order valence-electron chi connectivity index (χ2n) is 3.59. The molecule has 1 rings (SSSR count). The highest BCUT2D eigenvalue weighted by atomic mass is 16.5. The number of ether oxygens (including phenoxy) is 2. The van der Waals surface area contributed by atoms with Crippen molar-refractivity contribution in [1.82, 2.24) is 4.90 Å². The first-order valence-corrected chi connectivity index (χ1v) is 5.43. The number of hydrogen-bond acceptors (Lipinski definition) is 3. The quantitative estimate of drug-likeness (QED) is 0.607. The molecule has 0 aromatic heterocycles. The molecule has 0 radical (unpaired) electrons. The minimum atomic E-state index is 0.763. The smallest absolute Gasteiger partial charge is 0.100 e. The Morgan fingerprint density at radius 3 is 2.79 bits per heavy atom. The van der Waals surface area contributed by atoms with E-state index in [1.54, 1.807) is 0 Å². The molecule has 0 saturated carbocycles. The number of rotatable bonds is 6. The summed E-state index contributed by atoms with van der Waals surface area (Å²) in [6, 6.07) is 0. The second kappa shape index (κ2) is 6.85. The van der Waals surface area contributed by atoms with Crippen molar-refractivity contribution in [3.05, 3.63) is 12.3 Å². The lowest BCUT2D eigenvalue weighted by Crippen LogP contribution is -2.38. The fourth-order valence-corrected chi connectivity index (χ4v) is 1.49. The maximum atomic E-state index is 5.51. The molecule has 0 amide bonds. The van der Waals surface area contributed by atoms with Crippen molar-refractivity contribution in [2.45, 2.75) is 19.8 Å². The van der Waals surface area contributed by atoms with Crippen LogP contribution >= 0.6 is 0 Å². The van der Waals surface area contributed by atoms with Crippen LogP contribution < -0.4 is 0 Å². The van der Waals surface area contributed by atoms with Gasteiger partial charge < -0.3 is 9.47 Å². The third-order valence-electron chi connectivity index (χ3n) is 2.35. The van der Waals surface area contributed by atoms with Crippen LogP contribution in [0.25, 0.3) is 0 Å². The molecule has 3 nitrogen and oxygen atoms in total. The molecule has 3 heteroatoms. The molecule has 0 aromatic rings. The predicted octanol–water partition coefficient (Wildman–Crippen LogP) is 1.65. The fourth-order valence-electron chi connectivity index (χ4n) is 1.49. The Balaban J connectivity index is 1.99. The summed E-state index contributed by atoms with van der Waals surface area (Å²) in [6.07, 6.45) is 2.08. The molecule has 14 heavy (non-hydrogen) atoms. The molecule has 0 aliphatic carbocycles. The molecule has 1 saturated heterocycles. The van der Waals surface area contributed by atoms with E-state index in [4.69, 9.17) is 9.47 Å². The highest BCUT2D eigenvalue weighted by Gasteiger charge is 2.09. The first-order valence-electron chi connectivity index (χ1n) is 5.43. The van der Waals surface area contributed by atoms with Crippen LogP contribution in [-0.2, 0) is 9.47 Å². The average Bonchev–Trinajstić information content (AvgIpc) is 2.20. The van der Waals surface area contributed by atoms with Gasteiger partial charge in [-0.3, -0.25) is 4.90 Å². The van der Waals surface area contributed by atoms with Crippen molar-refractivity contribution in [3.63, 3.8) is 0 Å². The van der Waals surface area contributed by atoms with E-state index in [-0.39, 0.29) is 0 Å². The molecule has 82 valence electrons. The van der Waals surface area contributed by atoms with Crippen molar-refractivity contribution >= 4 is 0 Å². The largest absolute Gasteiger partial charge is 0.497 e. The van der Waals surface area contributed by atoms with Crippen LogP contribution in [-0.4, -0.2) is 44.4 Å². The summed E-state index contributed by atoms with van der Waals surface area (Å²) < 4.78 is 10.8. The Hall–Kier alpha value is -0.540. The van der Waals surface area contributed by atoms with Crippen molar-refractivity contribution in [2.24, 2.45) is 0 Å². The first-order chi connectivity index (χ1) is 6.83. The standard InChI is InChI=1S/C11H21NO2/c1-3-4-11(2)14-10-7-12-5-8-13-9-6-12/h2-10H2,1H3. The third-order valence-corrected chi connectivity index (χ3v) is 2.35. The van der Waals surface area contributed by atoms with Gasteiger partial charge in [-0.25, -0.2) is 0 Å². The zero-order valence-corrected chi connectivity index (χ0v) is 9.13. The molecule has 0 atom stereocenters. The molecule has 0 aromatic carbocycles. The van der Waals surface area contributed by atoms with Crippen molar-refractivity contribution in [2.75, 3.05) is 39.5 Å². The molecule has 1 aliphatic heterocycles. The summed E-state index contributed by atoms with van der Waals surface area (Å²) in [7, 11) is 0. The van der Waals surface area contributed by atoms with E-state index in [2.05, 4.69) is 18.4 Å². The summed E-state index contributed by atoms with van der Waals surface area (Å²) in [5.41, 5.74) is 0. The van der Waals surface area contributed by atoms with Crippen molar-refractivity contribution < 1.29 is 9.47 Å². The minimum Gasteiger partial charge on any atom is -0.497 e. The van der Waals surface area contributed by atoms with Gasteiger partial charge in [0.15, 0.2) is 0 Å². The van der Waals surface area contributed by atoms with E-state index < -0.39 is 0 Å². The van der Waals surface area contributed by atoms with Crippen LogP contribution in [0.3, 0.4) is 0 Å². The maximum absolute atomic E-state index is 5.51. The lowest BCUT2D eigenvalue weighted by Gasteiger charge is -2.26. The van der Waals surface area contributed by atoms with E-state index in [9.17, 15) is 0 Å².